The lowest BCUT2D eigenvalue weighted by atomic mass is 10.1. The van der Waals surface area contributed by atoms with Gasteiger partial charge in [-0.2, -0.15) is 0 Å². The van der Waals surface area contributed by atoms with Gasteiger partial charge in [-0.15, -0.1) is 0 Å². The van der Waals surface area contributed by atoms with Gasteiger partial charge in [-0.25, -0.2) is 4.39 Å². The Hall–Kier alpha value is -0.930. The Morgan fingerprint density at radius 1 is 1.40 bits per heavy atom. The number of hydrogen-bond donors (Lipinski definition) is 1. The predicted molar refractivity (Wildman–Crippen MR) is 58.8 cm³/mol. The third-order valence-electron chi connectivity index (χ3n) is 3.10. The van der Waals surface area contributed by atoms with Crippen LogP contribution >= 0.6 is 0 Å². The van der Waals surface area contributed by atoms with Gasteiger partial charge >= 0.3 is 0 Å². The first kappa shape index (κ1) is 10.6. The highest BCUT2D eigenvalue weighted by atomic mass is 19.1. The zero-order chi connectivity index (χ0) is 10.8. The van der Waals surface area contributed by atoms with Crippen molar-refractivity contribution in [1.82, 2.24) is 4.90 Å². The molecule has 0 saturated carbocycles. The fourth-order valence-corrected chi connectivity index (χ4v) is 2.09. The summed E-state index contributed by atoms with van der Waals surface area (Å²) >= 11 is 0. The summed E-state index contributed by atoms with van der Waals surface area (Å²) in [6.07, 6.45) is 0. The van der Waals surface area contributed by atoms with Crippen LogP contribution in [-0.4, -0.2) is 24.0 Å². The number of halogens is 1. The van der Waals surface area contributed by atoms with E-state index in [2.05, 4.69) is 11.8 Å². The van der Waals surface area contributed by atoms with E-state index >= 15 is 0 Å². The summed E-state index contributed by atoms with van der Waals surface area (Å²) in [5.74, 6) is 0.391. The second-order valence-corrected chi connectivity index (χ2v) is 4.43. The maximum absolute atomic E-state index is 13.4. The summed E-state index contributed by atoms with van der Waals surface area (Å²) in [6, 6.07) is 7.17. The van der Waals surface area contributed by atoms with Gasteiger partial charge in [0.15, 0.2) is 0 Å². The first-order valence-corrected chi connectivity index (χ1v) is 5.38. The molecule has 15 heavy (non-hydrogen) atoms. The van der Waals surface area contributed by atoms with Crippen LogP contribution in [0.25, 0.3) is 0 Å². The summed E-state index contributed by atoms with van der Waals surface area (Å²) in [4.78, 5) is 2.22. The molecule has 3 heteroatoms. The van der Waals surface area contributed by atoms with Crippen LogP contribution in [0.1, 0.15) is 12.5 Å². The van der Waals surface area contributed by atoms with Crippen molar-refractivity contribution in [1.29, 1.82) is 0 Å². The van der Waals surface area contributed by atoms with Gasteiger partial charge in [0.1, 0.15) is 5.82 Å². The molecule has 0 aliphatic carbocycles. The molecule has 1 aromatic rings. The van der Waals surface area contributed by atoms with Crippen molar-refractivity contribution in [2.75, 3.05) is 13.1 Å². The number of rotatable bonds is 2. The minimum Gasteiger partial charge on any atom is -0.326 e. The second kappa shape index (κ2) is 4.29. The fraction of sp³-hybridized carbons (Fsp3) is 0.500. The molecular weight excluding hydrogens is 191 g/mol. The van der Waals surface area contributed by atoms with Crippen molar-refractivity contribution in [3.8, 4) is 0 Å². The van der Waals surface area contributed by atoms with Crippen molar-refractivity contribution >= 4 is 0 Å². The largest absolute Gasteiger partial charge is 0.326 e. The Morgan fingerprint density at radius 3 is 2.73 bits per heavy atom. The molecule has 0 amide bonds. The molecule has 0 spiro atoms. The van der Waals surface area contributed by atoms with E-state index in [1.807, 2.05) is 12.1 Å². The maximum Gasteiger partial charge on any atom is 0.127 e. The number of nitrogens with two attached hydrogens (primary N) is 1. The number of likely N-dealkylation sites (tertiary alicyclic amines) is 1. The van der Waals surface area contributed by atoms with Crippen LogP contribution in [0, 0.1) is 11.7 Å². The van der Waals surface area contributed by atoms with Crippen LogP contribution in [0.2, 0.25) is 0 Å². The summed E-state index contributed by atoms with van der Waals surface area (Å²) in [7, 11) is 0. The first-order chi connectivity index (χ1) is 7.16. The van der Waals surface area contributed by atoms with E-state index in [1.165, 1.54) is 6.07 Å². The highest BCUT2D eigenvalue weighted by Gasteiger charge is 2.26. The molecule has 1 fully saturated rings. The molecular formula is C12H17FN2. The molecule has 1 heterocycles. The standard InChI is InChI=1S/C12H17FN2/c1-9-6-15(8-12(9)14)7-10-4-2-3-5-11(10)13/h2-5,9,12H,6-8,14H2,1H3. The van der Waals surface area contributed by atoms with Gasteiger partial charge in [0.25, 0.3) is 0 Å². The minimum absolute atomic E-state index is 0.120. The summed E-state index contributed by atoms with van der Waals surface area (Å²) < 4.78 is 13.4. The van der Waals surface area contributed by atoms with E-state index in [4.69, 9.17) is 5.73 Å². The molecule has 2 nitrogen and oxygen atoms in total. The van der Waals surface area contributed by atoms with Crippen LogP contribution in [0.4, 0.5) is 4.39 Å². The summed E-state index contributed by atoms with van der Waals surface area (Å²) in [6.45, 7) is 4.65. The van der Waals surface area contributed by atoms with Gasteiger partial charge < -0.3 is 5.73 Å². The van der Waals surface area contributed by atoms with Crippen molar-refractivity contribution in [2.24, 2.45) is 11.7 Å². The minimum atomic E-state index is -0.120. The van der Waals surface area contributed by atoms with Crippen molar-refractivity contribution in [2.45, 2.75) is 19.5 Å². The van der Waals surface area contributed by atoms with Gasteiger partial charge in [-0.05, 0) is 12.0 Å². The van der Waals surface area contributed by atoms with Crippen molar-refractivity contribution < 1.29 is 4.39 Å². The monoisotopic (exact) mass is 208 g/mol. The van der Waals surface area contributed by atoms with E-state index in [9.17, 15) is 4.39 Å². The lowest BCUT2D eigenvalue weighted by Gasteiger charge is -2.15. The topological polar surface area (TPSA) is 29.3 Å². The van der Waals surface area contributed by atoms with E-state index in [1.54, 1.807) is 6.07 Å². The fourth-order valence-electron chi connectivity index (χ4n) is 2.09. The average molecular weight is 208 g/mol. The molecule has 82 valence electrons. The lowest BCUT2D eigenvalue weighted by Crippen LogP contribution is -2.28. The Bertz CT molecular complexity index is 330. The summed E-state index contributed by atoms with van der Waals surface area (Å²) in [5.41, 5.74) is 6.69. The highest BCUT2D eigenvalue weighted by molar-refractivity contribution is 5.17. The number of benzene rings is 1. The lowest BCUT2D eigenvalue weighted by molar-refractivity contribution is 0.313. The van der Waals surface area contributed by atoms with Crippen molar-refractivity contribution in [3.63, 3.8) is 0 Å². The number of nitrogens with zero attached hydrogens (tertiary/aromatic N) is 1. The second-order valence-electron chi connectivity index (χ2n) is 4.43. The van der Waals surface area contributed by atoms with Crippen LogP contribution in [0.5, 0.6) is 0 Å². The number of hydrogen-bond acceptors (Lipinski definition) is 2. The molecule has 2 atom stereocenters. The van der Waals surface area contributed by atoms with E-state index < -0.39 is 0 Å². The molecule has 0 radical (unpaired) electrons. The van der Waals surface area contributed by atoms with Gasteiger partial charge in [0.05, 0.1) is 0 Å². The Kier molecular flexibility index (Phi) is 3.03. The molecule has 1 aliphatic heterocycles. The molecule has 0 aromatic heterocycles. The van der Waals surface area contributed by atoms with Crippen LogP contribution in [-0.2, 0) is 6.54 Å². The highest BCUT2D eigenvalue weighted by Crippen LogP contribution is 2.18. The molecule has 2 unspecified atom stereocenters. The van der Waals surface area contributed by atoms with Crippen LogP contribution in [0.15, 0.2) is 24.3 Å². The zero-order valence-electron chi connectivity index (χ0n) is 8.99. The van der Waals surface area contributed by atoms with Crippen LogP contribution < -0.4 is 5.73 Å². The molecule has 2 rings (SSSR count). The quantitative estimate of drug-likeness (QED) is 0.800. The zero-order valence-corrected chi connectivity index (χ0v) is 8.99. The van der Waals surface area contributed by atoms with Crippen molar-refractivity contribution in [3.05, 3.63) is 35.6 Å². The first-order valence-electron chi connectivity index (χ1n) is 5.38. The average Bonchev–Trinajstić information content (AvgIpc) is 2.50. The molecule has 1 saturated heterocycles. The maximum atomic E-state index is 13.4. The molecule has 2 N–H and O–H groups in total. The predicted octanol–water partition coefficient (Wildman–Crippen LogP) is 1.60. The third kappa shape index (κ3) is 2.36. The van der Waals surface area contributed by atoms with Gasteiger partial charge in [-0.3, -0.25) is 4.90 Å². The molecule has 1 aromatic carbocycles. The third-order valence-corrected chi connectivity index (χ3v) is 3.10. The molecule has 1 aliphatic rings. The Morgan fingerprint density at radius 2 is 2.13 bits per heavy atom. The molecule has 0 bridgehead atoms. The van der Waals surface area contributed by atoms with E-state index in [0.717, 1.165) is 18.7 Å². The Balaban J connectivity index is 2.01. The summed E-state index contributed by atoms with van der Waals surface area (Å²) in [5, 5.41) is 0. The van der Waals surface area contributed by atoms with Crippen LogP contribution in [0.3, 0.4) is 0 Å². The van der Waals surface area contributed by atoms with Gasteiger partial charge in [0.2, 0.25) is 0 Å². The smallest absolute Gasteiger partial charge is 0.127 e. The Labute approximate surface area is 89.9 Å². The SMILES string of the molecule is CC1CN(Cc2ccccc2F)CC1N. The van der Waals surface area contributed by atoms with Gasteiger partial charge in [0, 0.05) is 31.2 Å². The van der Waals surface area contributed by atoms with Gasteiger partial charge in [-0.1, -0.05) is 25.1 Å². The van der Waals surface area contributed by atoms with E-state index in [0.29, 0.717) is 12.5 Å². The normalized spacial score (nSPS) is 27.1. The van der Waals surface area contributed by atoms with E-state index in [-0.39, 0.29) is 11.9 Å².